The molecule has 2 N–H and O–H groups in total. The summed E-state index contributed by atoms with van der Waals surface area (Å²) in [7, 11) is 2.14. The molecule has 1 saturated heterocycles. The summed E-state index contributed by atoms with van der Waals surface area (Å²) >= 11 is 0. The number of anilines is 3. The number of nitrogens with one attached hydrogen (secondary N) is 2. The van der Waals surface area contributed by atoms with Crippen molar-refractivity contribution in [3.8, 4) is 0 Å². The zero-order chi connectivity index (χ0) is 20.6. The molecule has 1 aromatic carbocycles. The third kappa shape index (κ3) is 6.78. The monoisotopic (exact) mass is 399 g/mol. The van der Waals surface area contributed by atoms with Crippen LogP contribution in [0.5, 0.6) is 0 Å². The normalized spacial score (nSPS) is 19.1. The van der Waals surface area contributed by atoms with Crippen LogP contribution in [0.4, 0.5) is 21.7 Å². The predicted octanol–water partition coefficient (Wildman–Crippen LogP) is 4.34. The number of carbonyl (C=O) groups excluding carboxylic acids is 1. The molecule has 1 aliphatic heterocycles. The van der Waals surface area contributed by atoms with E-state index < -0.39 is 0 Å². The molecule has 0 spiro atoms. The second kappa shape index (κ2) is 10.3. The van der Waals surface area contributed by atoms with E-state index in [9.17, 15) is 9.18 Å². The Morgan fingerprint density at radius 3 is 2.62 bits per heavy atom. The van der Waals surface area contributed by atoms with Crippen LogP contribution in [-0.4, -0.2) is 47.3 Å². The van der Waals surface area contributed by atoms with Gasteiger partial charge in [0.2, 0.25) is 0 Å². The third-order valence-corrected chi connectivity index (χ3v) is 4.93. The van der Waals surface area contributed by atoms with Gasteiger partial charge < -0.3 is 20.3 Å². The Kier molecular flexibility index (Phi) is 7.52. The highest BCUT2D eigenvalue weighted by molar-refractivity contribution is 5.59. The first-order chi connectivity index (χ1) is 14.1. The number of aldehydes is 1. The Balaban J connectivity index is 0.000000552. The van der Waals surface area contributed by atoms with E-state index in [1.807, 2.05) is 19.1 Å². The molecule has 156 valence electrons. The van der Waals surface area contributed by atoms with E-state index in [0.717, 1.165) is 43.9 Å². The smallest absolute Gasteiger partial charge is 0.137 e. The van der Waals surface area contributed by atoms with Gasteiger partial charge in [-0.05, 0) is 57.5 Å². The van der Waals surface area contributed by atoms with Crippen molar-refractivity contribution in [3.05, 3.63) is 42.0 Å². The van der Waals surface area contributed by atoms with E-state index in [2.05, 4.69) is 22.6 Å². The lowest BCUT2D eigenvalue weighted by Crippen LogP contribution is -2.31. The maximum Gasteiger partial charge on any atom is 0.137 e. The van der Waals surface area contributed by atoms with Gasteiger partial charge in [0.1, 0.15) is 29.6 Å². The number of piperidine rings is 1. The summed E-state index contributed by atoms with van der Waals surface area (Å²) in [4.78, 5) is 21.0. The molecular weight excluding hydrogens is 369 g/mol. The van der Waals surface area contributed by atoms with Gasteiger partial charge in [-0.1, -0.05) is 13.0 Å². The van der Waals surface area contributed by atoms with Crippen molar-refractivity contribution in [2.24, 2.45) is 0 Å². The van der Waals surface area contributed by atoms with Crippen molar-refractivity contribution in [2.75, 3.05) is 30.8 Å². The molecule has 2 aliphatic rings. The van der Waals surface area contributed by atoms with Crippen LogP contribution in [0.3, 0.4) is 0 Å². The zero-order valence-corrected chi connectivity index (χ0v) is 17.2. The van der Waals surface area contributed by atoms with Crippen LogP contribution < -0.4 is 10.6 Å². The summed E-state index contributed by atoms with van der Waals surface area (Å²) in [5, 5.41) is 6.69. The Morgan fingerprint density at radius 1 is 1.21 bits per heavy atom. The van der Waals surface area contributed by atoms with Crippen molar-refractivity contribution in [1.82, 2.24) is 14.9 Å². The highest BCUT2D eigenvalue weighted by Crippen LogP contribution is 2.29. The standard InChI is InChI=1S/C19H24FN5.C3H6O/c1-25-9-3-4-13(12-25)19-23-17(21-15-7-8-15)11-18(24-19)22-16-6-2-5-14(20)10-16;1-2-3-4/h2,5-6,10-11,13,15H,3-4,7-9,12H2,1H3,(H2,21,22,23,24);3H,2H2,1H3. The lowest BCUT2D eigenvalue weighted by atomic mass is 9.97. The molecule has 29 heavy (non-hydrogen) atoms. The number of aromatic nitrogens is 2. The lowest BCUT2D eigenvalue weighted by Gasteiger charge is -2.29. The molecule has 7 heteroatoms. The molecule has 4 rings (SSSR count). The van der Waals surface area contributed by atoms with Gasteiger partial charge in [-0.3, -0.25) is 0 Å². The highest BCUT2D eigenvalue weighted by atomic mass is 19.1. The molecule has 1 aromatic heterocycles. The summed E-state index contributed by atoms with van der Waals surface area (Å²) in [6.07, 6.45) is 6.17. The molecule has 6 nitrogen and oxygen atoms in total. The van der Waals surface area contributed by atoms with Crippen LogP contribution in [-0.2, 0) is 4.79 Å². The molecule has 1 saturated carbocycles. The molecule has 1 aliphatic carbocycles. The van der Waals surface area contributed by atoms with Gasteiger partial charge in [-0.25, -0.2) is 14.4 Å². The quantitative estimate of drug-likeness (QED) is 0.704. The number of carbonyl (C=O) groups is 1. The van der Waals surface area contributed by atoms with Crippen molar-refractivity contribution < 1.29 is 9.18 Å². The Morgan fingerprint density at radius 2 is 1.97 bits per heavy atom. The summed E-state index contributed by atoms with van der Waals surface area (Å²) in [6, 6.07) is 8.89. The number of likely N-dealkylation sites (tertiary alicyclic amines) is 1. The fourth-order valence-corrected chi connectivity index (χ4v) is 3.31. The second-order valence-corrected chi connectivity index (χ2v) is 7.73. The number of nitrogens with zero attached hydrogens (tertiary/aromatic N) is 3. The summed E-state index contributed by atoms with van der Waals surface area (Å²) in [6.45, 7) is 3.92. The van der Waals surface area contributed by atoms with Gasteiger partial charge >= 0.3 is 0 Å². The van der Waals surface area contributed by atoms with Crippen LogP contribution in [0.2, 0.25) is 0 Å². The second-order valence-electron chi connectivity index (χ2n) is 7.73. The molecule has 0 radical (unpaired) electrons. The molecule has 1 unspecified atom stereocenters. The van der Waals surface area contributed by atoms with Crippen LogP contribution in [0.15, 0.2) is 30.3 Å². The van der Waals surface area contributed by atoms with Crippen LogP contribution in [0.1, 0.15) is 50.8 Å². The number of halogens is 1. The molecular formula is C22H30FN5O. The fourth-order valence-electron chi connectivity index (χ4n) is 3.31. The molecule has 0 amide bonds. The average Bonchev–Trinajstić information content (AvgIpc) is 3.52. The number of hydrogen-bond donors (Lipinski definition) is 2. The van der Waals surface area contributed by atoms with Gasteiger partial charge in [0.05, 0.1) is 0 Å². The number of likely N-dealkylation sites (N-methyl/N-ethyl adjacent to an activating group) is 1. The lowest BCUT2D eigenvalue weighted by molar-refractivity contribution is -0.107. The molecule has 1 atom stereocenters. The van der Waals surface area contributed by atoms with Gasteiger partial charge in [-0.2, -0.15) is 0 Å². The highest BCUT2D eigenvalue weighted by Gasteiger charge is 2.25. The maximum atomic E-state index is 13.5. The number of hydrogen-bond acceptors (Lipinski definition) is 6. The largest absolute Gasteiger partial charge is 0.367 e. The zero-order valence-electron chi connectivity index (χ0n) is 17.2. The summed E-state index contributed by atoms with van der Waals surface area (Å²) < 4.78 is 13.5. The van der Waals surface area contributed by atoms with Crippen molar-refractivity contribution in [2.45, 2.75) is 51.0 Å². The average molecular weight is 400 g/mol. The Hall–Kier alpha value is -2.54. The molecule has 2 aromatic rings. The predicted molar refractivity (Wildman–Crippen MR) is 114 cm³/mol. The van der Waals surface area contributed by atoms with Crippen LogP contribution >= 0.6 is 0 Å². The maximum absolute atomic E-state index is 13.5. The van der Waals surface area contributed by atoms with Crippen molar-refractivity contribution in [1.29, 1.82) is 0 Å². The van der Waals surface area contributed by atoms with Gasteiger partial charge in [0.25, 0.3) is 0 Å². The number of rotatable bonds is 6. The first kappa shape index (κ1) is 21.2. The minimum absolute atomic E-state index is 0.260. The first-order valence-corrected chi connectivity index (χ1v) is 10.4. The third-order valence-electron chi connectivity index (χ3n) is 4.93. The van der Waals surface area contributed by atoms with Crippen LogP contribution in [0, 0.1) is 5.82 Å². The van der Waals surface area contributed by atoms with Crippen molar-refractivity contribution >= 4 is 23.6 Å². The van der Waals surface area contributed by atoms with Gasteiger partial charge in [-0.15, -0.1) is 0 Å². The SMILES string of the molecule is CCC=O.CN1CCCC(c2nc(Nc3cccc(F)c3)cc(NC3CC3)n2)C1. The van der Waals surface area contributed by atoms with E-state index in [1.54, 1.807) is 6.07 Å². The first-order valence-electron chi connectivity index (χ1n) is 10.4. The van der Waals surface area contributed by atoms with E-state index in [4.69, 9.17) is 9.97 Å². The molecule has 2 heterocycles. The Labute approximate surface area is 171 Å². The fraction of sp³-hybridized carbons (Fsp3) is 0.500. The van der Waals surface area contributed by atoms with E-state index >= 15 is 0 Å². The number of benzene rings is 1. The molecule has 0 bridgehead atoms. The van der Waals surface area contributed by atoms with E-state index in [-0.39, 0.29) is 5.82 Å². The van der Waals surface area contributed by atoms with Crippen LogP contribution in [0.25, 0.3) is 0 Å². The van der Waals surface area contributed by atoms with Gasteiger partial charge in [0, 0.05) is 36.7 Å². The van der Waals surface area contributed by atoms with Crippen molar-refractivity contribution in [3.63, 3.8) is 0 Å². The minimum atomic E-state index is -0.260. The van der Waals surface area contributed by atoms with E-state index in [1.165, 1.54) is 25.0 Å². The van der Waals surface area contributed by atoms with E-state index in [0.29, 0.717) is 29.9 Å². The molecule has 2 fully saturated rings. The summed E-state index contributed by atoms with van der Waals surface area (Å²) in [5.74, 6) is 2.53. The minimum Gasteiger partial charge on any atom is -0.367 e. The summed E-state index contributed by atoms with van der Waals surface area (Å²) in [5.41, 5.74) is 0.697. The Bertz CT molecular complexity index is 812. The topological polar surface area (TPSA) is 70.2 Å². The van der Waals surface area contributed by atoms with Gasteiger partial charge in [0.15, 0.2) is 0 Å².